The van der Waals surface area contributed by atoms with E-state index in [1.54, 1.807) is 42.5 Å². The summed E-state index contributed by atoms with van der Waals surface area (Å²) in [4.78, 5) is 36.1. The monoisotopic (exact) mass is 463 g/mol. The zero-order chi connectivity index (χ0) is 22.8. The van der Waals surface area contributed by atoms with Gasteiger partial charge in [0.15, 0.2) is 0 Å². The summed E-state index contributed by atoms with van der Waals surface area (Å²) in [6, 6.07) is 13.2. The number of fused-ring (bicyclic) bond motifs is 2. The van der Waals surface area contributed by atoms with Crippen LogP contribution in [0, 0.1) is 0 Å². The van der Waals surface area contributed by atoms with Crippen molar-refractivity contribution in [3.63, 3.8) is 0 Å². The van der Waals surface area contributed by atoms with Crippen LogP contribution in [-0.4, -0.2) is 58.7 Å². The van der Waals surface area contributed by atoms with Crippen LogP contribution in [0.15, 0.2) is 55.0 Å². The van der Waals surface area contributed by atoms with Crippen molar-refractivity contribution < 1.29 is 14.3 Å². The Labute approximate surface area is 196 Å². The van der Waals surface area contributed by atoms with Crippen LogP contribution < -0.4 is 13.9 Å². The number of rotatable bonds is 8. The Balaban J connectivity index is 1.26. The molecule has 0 bridgehead atoms. The molecule has 2 aliphatic rings. The van der Waals surface area contributed by atoms with E-state index in [0.717, 1.165) is 42.5 Å². The van der Waals surface area contributed by atoms with Gasteiger partial charge >= 0.3 is 0 Å². The van der Waals surface area contributed by atoms with Gasteiger partial charge in [0.25, 0.3) is 11.8 Å². The number of nitrogens with zero attached hydrogens (tertiary/aromatic N) is 4. The molecule has 9 heteroatoms. The Morgan fingerprint density at radius 1 is 1.15 bits per heavy atom. The van der Waals surface area contributed by atoms with Crippen LogP contribution in [0.2, 0.25) is 0 Å². The van der Waals surface area contributed by atoms with Crippen molar-refractivity contribution in [2.24, 2.45) is 0 Å². The Morgan fingerprint density at radius 3 is 2.64 bits per heavy atom. The van der Waals surface area contributed by atoms with Gasteiger partial charge in [0.05, 0.1) is 41.9 Å². The molecule has 2 aliphatic heterocycles. The van der Waals surface area contributed by atoms with Gasteiger partial charge in [-0.25, -0.2) is 4.98 Å². The van der Waals surface area contributed by atoms with Crippen LogP contribution in [0.3, 0.4) is 0 Å². The Bertz CT molecular complexity index is 1130. The second kappa shape index (κ2) is 9.19. The van der Waals surface area contributed by atoms with E-state index in [1.807, 2.05) is 12.3 Å². The molecule has 0 saturated heterocycles. The molecule has 33 heavy (non-hydrogen) atoms. The van der Waals surface area contributed by atoms with Gasteiger partial charge in [0, 0.05) is 30.7 Å². The normalized spacial score (nSPS) is 14.8. The molecule has 8 nitrogen and oxygen atoms in total. The number of imidazole rings is 1. The number of hydrogen-bond donors (Lipinski definition) is 1. The minimum absolute atomic E-state index is 0.209. The third-order valence-corrected chi connectivity index (χ3v) is 6.98. The Morgan fingerprint density at radius 2 is 1.94 bits per heavy atom. The van der Waals surface area contributed by atoms with Crippen LogP contribution in [-0.2, 0) is 6.54 Å². The van der Waals surface area contributed by atoms with E-state index in [9.17, 15) is 9.59 Å². The van der Waals surface area contributed by atoms with Crippen molar-refractivity contribution in [2.75, 3.05) is 41.2 Å². The summed E-state index contributed by atoms with van der Waals surface area (Å²) in [5.41, 5.74) is 4.14. The first-order valence-corrected chi connectivity index (χ1v) is 11.9. The van der Waals surface area contributed by atoms with E-state index < -0.39 is 0 Å². The molecule has 0 aliphatic carbocycles. The van der Waals surface area contributed by atoms with E-state index in [0.29, 0.717) is 30.0 Å². The van der Waals surface area contributed by atoms with Crippen LogP contribution in [0.1, 0.15) is 33.3 Å². The summed E-state index contributed by atoms with van der Waals surface area (Å²) in [6.45, 7) is 5.42. The molecule has 0 unspecified atom stereocenters. The van der Waals surface area contributed by atoms with Gasteiger partial charge in [-0.2, -0.15) is 0 Å². The van der Waals surface area contributed by atoms with E-state index in [1.165, 1.54) is 4.90 Å². The molecule has 0 radical (unpaired) electrons. The molecular weight excluding hydrogens is 438 g/mol. The molecule has 1 N–H and O–H groups in total. The second-order valence-electron chi connectivity index (χ2n) is 7.83. The topological polar surface area (TPSA) is 81.8 Å². The molecule has 0 atom stereocenters. The number of H-pyrrole nitrogens is 1. The highest BCUT2D eigenvalue weighted by Crippen LogP contribution is 2.37. The second-order valence-corrected chi connectivity index (χ2v) is 8.94. The zero-order valence-corrected chi connectivity index (χ0v) is 19.2. The molecule has 1 aromatic heterocycles. The van der Waals surface area contributed by atoms with Crippen molar-refractivity contribution in [2.45, 2.75) is 13.5 Å². The predicted molar refractivity (Wildman–Crippen MR) is 129 cm³/mol. The number of carbonyl (C=O) groups excluding carboxylic acids is 2. The lowest BCUT2D eigenvalue weighted by Gasteiger charge is -2.32. The van der Waals surface area contributed by atoms with Gasteiger partial charge in [-0.05, 0) is 49.2 Å². The quantitative estimate of drug-likeness (QED) is 0.404. The van der Waals surface area contributed by atoms with E-state index >= 15 is 0 Å². The lowest BCUT2D eigenvalue weighted by Crippen LogP contribution is -2.33. The standard InChI is InChI=1S/C24H25N5O3S/c1-2-29(33-12-10-28-23(30)19-5-3-4-6-20(19)24(28)31)18-7-8-22-21(13-18)27(9-11-32-22)15-17-14-25-16-26-17/h3-8,13-14,16H,2,9-12,15H2,1H3,(H,25,26). The molecule has 170 valence electrons. The SMILES string of the molecule is CCN(SCCN1C(=O)c2ccccc2C1=O)c1ccc2c(c1)N(Cc1cnc[nH]1)CCO2. The minimum Gasteiger partial charge on any atom is -0.490 e. The predicted octanol–water partition coefficient (Wildman–Crippen LogP) is 3.58. The number of benzene rings is 2. The van der Waals surface area contributed by atoms with E-state index in [2.05, 4.69) is 38.2 Å². The number of carbonyl (C=O) groups is 2. The fraction of sp³-hybridized carbons (Fsp3) is 0.292. The highest BCUT2D eigenvalue weighted by atomic mass is 32.2. The van der Waals surface area contributed by atoms with Crippen LogP contribution in [0.4, 0.5) is 11.4 Å². The fourth-order valence-corrected chi connectivity index (χ4v) is 5.12. The van der Waals surface area contributed by atoms with Crippen LogP contribution in [0.25, 0.3) is 0 Å². The largest absolute Gasteiger partial charge is 0.490 e. The summed E-state index contributed by atoms with van der Waals surface area (Å²) in [5, 5.41) is 0. The number of anilines is 2. The maximum absolute atomic E-state index is 12.6. The lowest BCUT2D eigenvalue weighted by molar-refractivity contribution is 0.0664. The molecule has 2 amide bonds. The molecule has 0 spiro atoms. The van der Waals surface area contributed by atoms with Gasteiger partial charge < -0.3 is 18.9 Å². The van der Waals surface area contributed by atoms with Gasteiger partial charge in [0.2, 0.25) is 0 Å². The molecule has 5 rings (SSSR count). The van der Waals surface area contributed by atoms with Gasteiger partial charge in [-0.15, -0.1) is 0 Å². The minimum atomic E-state index is -0.209. The van der Waals surface area contributed by atoms with Crippen molar-refractivity contribution >= 4 is 35.1 Å². The molecular formula is C24H25N5O3S. The highest BCUT2D eigenvalue weighted by Gasteiger charge is 2.34. The number of aromatic nitrogens is 2. The lowest BCUT2D eigenvalue weighted by atomic mass is 10.1. The third-order valence-electron chi connectivity index (χ3n) is 5.83. The van der Waals surface area contributed by atoms with Crippen LogP contribution in [0.5, 0.6) is 5.75 Å². The number of imide groups is 1. The van der Waals surface area contributed by atoms with Gasteiger partial charge in [-0.1, -0.05) is 12.1 Å². The van der Waals surface area contributed by atoms with Crippen molar-refractivity contribution in [1.82, 2.24) is 14.9 Å². The number of amides is 2. The summed E-state index contributed by atoms with van der Waals surface area (Å²) >= 11 is 1.61. The number of hydrogen-bond acceptors (Lipinski definition) is 7. The number of aromatic amines is 1. The number of nitrogens with one attached hydrogen (secondary N) is 1. The first-order valence-electron chi connectivity index (χ1n) is 11.0. The zero-order valence-electron chi connectivity index (χ0n) is 18.4. The summed E-state index contributed by atoms with van der Waals surface area (Å²) in [5.74, 6) is 1.07. The maximum atomic E-state index is 12.6. The van der Waals surface area contributed by atoms with Crippen molar-refractivity contribution in [3.05, 3.63) is 71.8 Å². The van der Waals surface area contributed by atoms with Crippen molar-refractivity contribution in [3.8, 4) is 5.75 Å². The summed E-state index contributed by atoms with van der Waals surface area (Å²) in [7, 11) is 0. The van der Waals surface area contributed by atoms with Gasteiger partial charge in [-0.3, -0.25) is 14.5 Å². The van der Waals surface area contributed by atoms with E-state index in [4.69, 9.17) is 4.74 Å². The van der Waals surface area contributed by atoms with Crippen LogP contribution >= 0.6 is 11.9 Å². The smallest absolute Gasteiger partial charge is 0.261 e. The third kappa shape index (κ3) is 4.16. The highest BCUT2D eigenvalue weighted by molar-refractivity contribution is 8.00. The molecule has 2 aromatic carbocycles. The Hall–Kier alpha value is -3.46. The summed E-state index contributed by atoms with van der Waals surface area (Å²) < 4.78 is 8.05. The molecule has 0 saturated carbocycles. The van der Waals surface area contributed by atoms with E-state index in [-0.39, 0.29) is 11.8 Å². The molecule has 3 aromatic rings. The number of ether oxygens (including phenoxy) is 1. The maximum Gasteiger partial charge on any atom is 0.261 e. The average Bonchev–Trinajstić information content (AvgIpc) is 3.44. The molecule has 3 heterocycles. The van der Waals surface area contributed by atoms with Gasteiger partial charge in [0.1, 0.15) is 12.4 Å². The summed E-state index contributed by atoms with van der Waals surface area (Å²) in [6.07, 6.45) is 3.53. The fourth-order valence-electron chi connectivity index (χ4n) is 4.19. The Kier molecular flexibility index (Phi) is 5.95. The average molecular weight is 464 g/mol. The first-order chi connectivity index (χ1) is 16.2. The first kappa shape index (κ1) is 21.4. The molecule has 0 fully saturated rings. The van der Waals surface area contributed by atoms with Crippen molar-refractivity contribution in [1.29, 1.82) is 0 Å².